The molecule has 0 atom stereocenters. The fraction of sp³-hybridized carbons (Fsp3) is 0.583. The lowest BCUT2D eigenvalue weighted by molar-refractivity contribution is 0.263. The minimum Gasteiger partial charge on any atom is -0.493 e. The number of pyridine rings is 2. The molecule has 2 aliphatic rings. The number of aromatic amines is 1. The second-order valence-electron chi connectivity index (χ2n) is 8.03. The van der Waals surface area contributed by atoms with Crippen molar-refractivity contribution in [2.24, 2.45) is 0 Å². The van der Waals surface area contributed by atoms with E-state index in [1.165, 1.54) is 83.2 Å². The first-order valence-corrected chi connectivity index (χ1v) is 13.5. The summed E-state index contributed by atoms with van der Waals surface area (Å²) in [5.74, 6) is 0.807. The number of halogens is 3. The topological polar surface area (TPSA) is 61.5 Å². The van der Waals surface area contributed by atoms with E-state index in [0.717, 1.165) is 30.7 Å². The molecule has 4 heterocycles. The Hall–Kier alpha value is -1.12. The standard InChI is InChI=1S/C12H17ClN2O.C7H14BrN.C5H4ClNO/c13-12-10-11(4-5-14-12)16-9-3-8-15-6-1-2-7-15;8-4-3-7-9-5-1-2-6-9;6-5-3-4(8)1-2-7-5/h4-5,10H,1-3,6-9H2;1-7H2;1-3H,(H,7,8). The van der Waals surface area contributed by atoms with E-state index < -0.39 is 0 Å². The minimum atomic E-state index is -0.0752. The molecule has 4 rings (SSSR count). The number of likely N-dealkylation sites (tertiary alicyclic amines) is 2. The van der Waals surface area contributed by atoms with E-state index in [4.69, 9.17) is 27.9 Å². The molecule has 184 valence electrons. The minimum absolute atomic E-state index is 0.0752. The monoisotopic (exact) mass is 560 g/mol. The summed E-state index contributed by atoms with van der Waals surface area (Å²) in [4.78, 5) is 22.0. The lowest BCUT2D eigenvalue weighted by Gasteiger charge is -2.14. The first kappa shape index (κ1) is 28.1. The molecule has 2 aromatic rings. The molecule has 0 aliphatic carbocycles. The second kappa shape index (κ2) is 17.3. The highest BCUT2D eigenvalue weighted by atomic mass is 79.9. The summed E-state index contributed by atoms with van der Waals surface area (Å²) < 4.78 is 5.60. The van der Waals surface area contributed by atoms with Gasteiger partial charge < -0.3 is 19.5 Å². The van der Waals surface area contributed by atoms with Gasteiger partial charge in [-0.15, -0.1) is 0 Å². The number of nitrogens with one attached hydrogen (secondary N) is 1. The number of hydrogen-bond donors (Lipinski definition) is 1. The zero-order valence-corrected chi connectivity index (χ0v) is 22.3. The molecule has 2 saturated heterocycles. The van der Waals surface area contributed by atoms with Crippen molar-refractivity contribution in [1.82, 2.24) is 19.8 Å². The van der Waals surface area contributed by atoms with Gasteiger partial charge in [-0.05, 0) is 77.3 Å². The van der Waals surface area contributed by atoms with Crippen molar-refractivity contribution in [2.75, 3.05) is 51.2 Å². The Balaban J connectivity index is 0.000000192. The maximum atomic E-state index is 10.4. The number of hydrogen-bond acceptors (Lipinski definition) is 5. The van der Waals surface area contributed by atoms with Gasteiger partial charge in [0, 0.05) is 42.5 Å². The van der Waals surface area contributed by atoms with Crippen LogP contribution in [0.3, 0.4) is 0 Å². The molecule has 9 heteroatoms. The summed E-state index contributed by atoms with van der Waals surface area (Å²) in [5, 5.41) is 2.01. The SMILES string of the molecule is BrCCCN1CCCC1.Clc1cc(OCCCN2CCCC2)ccn1.O=c1cc[nH]c(Cl)c1. The molecular weight excluding hydrogens is 527 g/mol. The smallest absolute Gasteiger partial charge is 0.183 e. The summed E-state index contributed by atoms with van der Waals surface area (Å²) >= 11 is 14.6. The third-order valence-electron chi connectivity index (χ3n) is 5.33. The Morgan fingerprint density at radius 1 is 0.970 bits per heavy atom. The van der Waals surface area contributed by atoms with Gasteiger partial charge in [-0.3, -0.25) is 4.79 Å². The highest BCUT2D eigenvalue weighted by molar-refractivity contribution is 9.09. The van der Waals surface area contributed by atoms with E-state index in [-0.39, 0.29) is 5.43 Å². The van der Waals surface area contributed by atoms with Crippen LogP contribution in [0.2, 0.25) is 10.3 Å². The maximum Gasteiger partial charge on any atom is 0.183 e. The Labute approximate surface area is 215 Å². The Morgan fingerprint density at radius 3 is 2.12 bits per heavy atom. The molecule has 0 saturated carbocycles. The summed E-state index contributed by atoms with van der Waals surface area (Å²) in [7, 11) is 0. The van der Waals surface area contributed by atoms with Gasteiger partial charge in [0.05, 0.1) is 6.61 Å². The molecule has 0 aromatic carbocycles. The predicted molar refractivity (Wildman–Crippen MR) is 141 cm³/mol. The maximum absolute atomic E-state index is 10.4. The zero-order chi connectivity index (χ0) is 23.7. The predicted octanol–water partition coefficient (Wildman–Crippen LogP) is 5.50. The number of alkyl halides is 1. The first-order valence-electron chi connectivity index (χ1n) is 11.7. The van der Waals surface area contributed by atoms with E-state index in [1.54, 1.807) is 12.3 Å². The molecule has 1 N–H and O–H groups in total. The van der Waals surface area contributed by atoms with Gasteiger partial charge in [-0.25, -0.2) is 4.98 Å². The molecule has 2 aliphatic heterocycles. The summed E-state index contributed by atoms with van der Waals surface area (Å²) in [6.45, 7) is 8.36. The Morgan fingerprint density at radius 2 is 1.61 bits per heavy atom. The third-order valence-corrected chi connectivity index (χ3v) is 6.31. The van der Waals surface area contributed by atoms with Crippen molar-refractivity contribution < 1.29 is 4.74 Å². The highest BCUT2D eigenvalue weighted by Crippen LogP contribution is 2.15. The van der Waals surface area contributed by atoms with Crippen molar-refractivity contribution >= 4 is 39.1 Å². The lowest BCUT2D eigenvalue weighted by Crippen LogP contribution is -2.21. The number of H-pyrrole nitrogens is 1. The quantitative estimate of drug-likeness (QED) is 0.262. The van der Waals surface area contributed by atoms with Crippen LogP contribution in [0.15, 0.2) is 41.5 Å². The molecule has 2 fully saturated rings. The number of aromatic nitrogens is 2. The first-order chi connectivity index (χ1) is 16.1. The number of nitrogens with zero attached hydrogens (tertiary/aromatic N) is 3. The Bertz CT molecular complexity index is 828. The largest absolute Gasteiger partial charge is 0.493 e. The molecule has 33 heavy (non-hydrogen) atoms. The van der Waals surface area contributed by atoms with E-state index in [0.29, 0.717) is 10.3 Å². The van der Waals surface area contributed by atoms with Crippen molar-refractivity contribution in [1.29, 1.82) is 0 Å². The van der Waals surface area contributed by atoms with Crippen molar-refractivity contribution in [3.05, 3.63) is 57.2 Å². The fourth-order valence-electron chi connectivity index (χ4n) is 3.67. The molecule has 6 nitrogen and oxygen atoms in total. The molecule has 0 radical (unpaired) electrons. The van der Waals surface area contributed by atoms with Crippen LogP contribution in [0.4, 0.5) is 0 Å². The van der Waals surface area contributed by atoms with E-state index in [2.05, 4.69) is 35.7 Å². The zero-order valence-electron chi connectivity index (χ0n) is 19.2. The molecule has 2 aromatic heterocycles. The molecule has 0 amide bonds. The second-order valence-corrected chi connectivity index (χ2v) is 9.62. The van der Waals surface area contributed by atoms with Gasteiger partial charge in [-0.1, -0.05) is 39.1 Å². The molecule has 0 spiro atoms. The molecular formula is C24H35BrCl2N4O2. The van der Waals surface area contributed by atoms with Gasteiger partial charge in [0.25, 0.3) is 0 Å². The molecule has 0 bridgehead atoms. The van der Waals surface area contributed by atoms with E-state index in [9.17, 15) is 4.79 Å². The van der Waals surface area contributed by atoms with Crippen molar-refractivity contribution in [2.45, 2.75) is 38.5 Å². The van der Waals surface area contributed by atoms with Gasteiger partial charge >= 0.3 is 0 Å². The van der Waals surface area contributed by atoms with Crippen molar-refractivity contribution in [3.8, 4) is 5.75 Å². The van der Waals surface area contributed by atoms with Gasteiger partial charge in [0.15, 0.2) is 5.43 Å². The number of rotatable bonds is 8. The lowest BCUT2D eigenvalue weighted by atomic mass is 10.4. The third kappa shape index (κ3) is 13.4. The van der Waals surface area contributed by atoms with Crippen LogP contribution in [-0.4, -0.2) is 71.0 Å². The van der Waals surface area contributed by atoms with Crippen LogP contribution < -0.4 is 10.2 Å². The highest BCUT2D eigenvalue weighted by Gasteiger charge is 2.10. The normalized spacial score (nSPS) is 16.0. The Kier molecular flexibility index (Phi) is 14.8. The average molecular weight is 562 g/mol. The average Bonchev–Trinajstić information content (AvgIpc) is 3.51. The number of ether oxygens (including phenoxy) is 1. The van der Waals surface area contributed by atoms with Crippen LogP contribution >= 0.6 is 39.1 Å². The van der Waals surface area contributed by atoms with E-state index >= 15 is 0 Å². The van der Waals surface area contributed by atoms with Crippen LogP contribution in [0.5, 0.6) is 5.75 Å². The van der Waals surface area contributed by atoms with Gasteiger partial charge in [0.1, 0.15) is 16.1 Å². The molecule has 0 unspecified atom stereocenters. The van der Waals surface area contributed by atoms with Gasteiger partial charge in [-0.2, -0.15) is 0 Å². The van der Waals surface area contributed by atoms with E-state index in [1.807, 2.05) is 6.07 Å². The van der Waals surface area contributed by atoms with Crippen LogP contribution in [0.25, 0.3) is 0 Å². The van der Waals surface area contributed by atoms with Crippen molar-refractivity contribution in [3.63, 3.8) is 0 Å². The van der Waals surface area contributed by atoms with Crippen LogP contribution in [0, 0.1) is 0 Å². The summed E-state index contributed by atoms with van der Waals surface area (Å²) in [6.07, 6.45) is 11.1. The fourth-order valence-corrected chi connectivity index (χ4v) is 4.25. The van der Waals surface area contributed by atoms with Crippen LogP contribution in [0.1, 0.15) is 38.5 Å². The summed E-state index contributed by atoms with van der Waals surface area (Å²) in [6, 6.07) is 6.31. The van der Waals surface area contributed by atoms with Gasteiger partial charge in [0.2, 0.25) is 0 Å². The summed E-state index contributed by atoms with van der Waals surface area (Å²) in [5.41, 5.74) is -0.0752. The van der Waals surface area contributed by atoms with Crippen LogP contribution in [-0.2, 0) is 0 Å².